The first-order valence-corrected chi connectivity index (χ1v) is 10.5. The average molecular weight is 397 g/mol. The summed E-state index contributed by atoms with van der Waals surface area (Å²) in [5, 5.41) is 3.66. The molecule has 0 saturated heterocycles. The highest BCUT2D eigenvalue weighted by molar-refractivity contribution is 7.99. The molecule has 0 aliphatic carbocycles. The number of hydrogen-bond donors (Lipinski definition) is 2. The zero-order valence-corrected chi connectivity index (χ0v) is 15.8. The monoisotopic (exact) mass is 396 g/mol. The van der Waals surface area contributed by atoms with Crippen molar-refractivity contribution in [2.24, 2.45) is 0 Å². The lowest BCUT2D eigenvalue weighted by Crippen LogP contribution is -2.30. The summed E-state index contributed by atoms with van der Waals surface area (Å²) in [6, 6.07) is 11.5. The smallest absolute Gasteiger partial charge is 0.251 e. The highest BCUT2D eigenvalue weighted by Crippen LogP contribution is 2.37. The Balaban J connectivity index is 1.79. The first kappa shape index (κ1) is 18.3. The molecule has 0 radical (unpaired) electrons. The number of halogens is 1. The summed E-state index contributed by atoms with van der Waals surface area (Å²) in [4.78, 5) is 13.8. The molecule has 2 N–H and O–H groups in total. The van der Waals surface area contributed by atoms with Gasteiger partial charge >= 0.3 is 0 Å². The molecule has 0 aromatic heterocycles. The van der Waals surface area contributed by atoms with E-state index in [4.69, 9.17) is 11.6 Å². The molecule has 5 nitrogen and oxygen atoms in total. The Hall–Kier alpha value is -1.54. The number of carbonyl (C=O) groups excluding carboxylic acids is 1. The third-order valence-electron chi connectivity index (χ3n) is 4.01. The van der Waals surface area contributed by atoms with Crippen LogP contribution in [0.1, 0.15) is 28.4 Å². The predicted octanol–water partition coefficient (Wildman–Crippen LogP) is 3.22. The van der Waals surface area contributed by atoms with Crippen molar-refractivity contribution in [2.75, 3.05) is 12.8 Å². The highest BCUT2D eigenvalue weighted by atomic mass is 35.5. The highest BCUT2D eigenvalue weighted by Gasteiger charge is 2.23. The van der Waals surface area contributed by atoms with Crippen LogP contribution in [-0.2, 0) is 10.0 Å². The van der Waals surface area contributed by atoms with Crippen LogP contribution in [0, 0.1) is 0 Å². The van der Waals surface area contributed by atoms with Crippen molar-refractivity contribution in [1.29, 1.82) is 0 Å². The van der Waals surface area contributed by atoms with Crippen LogP contribution in [0.5, 0.6) is 0 Å². The Morgan fingerprint density at radius 1 is 1.20 bits per heavy atom. The van der Waals surface area contributed by atoms with E-state index in [9.17, 15) is 13.2 Å². The van der Waals surface area contributed by atoms with Crippen LogP contribution in [0.3, 0.4) is 0 Å². The van der Waals surface area contributed by atoms with Crippen LogP contribution < -0.4 is 10.0 Å². The first-order chi connectivity index (χ1) is 11.9. The van der Waals surface area contributed by atoms with E-state index in [1.54, 1.807) is 11.8 Å². The maximum absolute atomic E-state index is 12.5. The second kappa shape index (κ2) is 7.37. The molecule has 0 spiro atoms. The Labute approximate surface area is 156 Å². The van der Waals surface area contributed by atoms with Gasteiger partial charge in [0.15, 0.2) is 0 Å². The van der Waals surface area contributed by atoms with Gasteiger partial charge in [0.1, 0.15) is 0 Å². The van der Waals surface area contributed by atoms with Gasteiger partial charge in [-0.05, 0) is 61.5 Å². The Bertz CT molecular complexity index is 899. The summed E-state index contributed by atoms with van der Waals surface area (Å²) in [6.07, 6.45) is 0.815. The number of thioether (sulfide) groups is 1. The summed E-state index contributed by atoms with van der Waals surface area (Å²) >= 11 is 7.83. The number of fused-ring (bicyclic) bond motifs is 1. The van der Waals surface area contributed by atoms with Gasteiger partial charge in [-0.3, -0.25) is 4.79 Å². The SMILES string of the molecule is CNS(=O)(=O)c1ccc(C(=O)N[C@H]2CCSc3ccc(Cl)cc32)cc1. The lowest BCUT2D eigenvalue weighted by atomic mass is 10.0. The van der Waals surface area contributed by atoms with Gasteiger partial charge in [-0.2, -0.15) is 0 Å². The molecule has 2 aromatic carbocycles. The van der Waals surface area contributed by atoms with Crippen LogP contribution in [0.25, 0.3) is 0 Å². The Kier molecular flexibility index (Phi) is 5.38. The summed E-state index contributed by atoms with van der Waals surface area (Å²) < 4.78 is 25.7. The number of rotatable bonds is 4. The van der Waals surface area contributed by atoms with E-state index in [-0.39, 0.29) is 16.8 Å². The molecule has 0 fully saturated rings. The standard InChI is InChI=1S/C17H17ClN2O3S2/c1-19-25(22,23)13-5-2-11(3-6-13)17(21)20-15-8-9-24-16-7-4-12(18)10-14(15)16/h2-7,10,15,19H,8-9H2,1H3,(H,20,21)/t15-/m0/s1. The van der Waals surface area contributed by atoms with Crippen LogP contribution >= 0.6 is 23.4 Å². The molecule has 0 bridgehead atoms. The molecule has 1 aliphatic rings. The molecule has 0 saturated carbocycles. The minimum atomic E-state index is -3.51. The number of carbonyl (C=O) groups is 1. The van der Waals surface area contributed by atoms with E-state index in [0.717, 1.165) is 22.6 Å². The van der Waals surface area contributed by atoms with Crippen molar-refractivity contribution in [2.45, 2.75) is 22.3 Å². The average Bonchev–Trinajstić information content (AvgIpc) is 2.62. The minimum Gasteiger partial charge on any atom is -0.345 e. The van der Waals surface area contributed by atoms with Crippen LogP contribution in [0.15, 0.2) is 52.3 Å². The van der Waals surface area contributed by atoms with Gasteiger partial charge in [-0.15, -0.1) is 11.8 Å². The van der Waals surface area contributed by atoms with E-state index in [1.807, 2.05) is 18.2 Å². The molecule has 8 heteroatoms. The summed E-state index contributed by atoms with van der Waals surface area (Å²) in [5.41, 5.74) is 1.43. The van der Waals surface area contributed by atoms with Crippen molar-refractivity contribution >= 4 is 39.3 Å². The maximum Gasteiger partial charge on any atom is 0.251 e. The van der Waals surface area contributed by atoms with Gasteiger partial charge in [0.25, 0.3) is 5.91 Å². The van der Waals surface area contributed by atoms with E-state index < -0.39 is 10.0 Å². The van der Waals surface area contributed by atoms with E-state index in [1.165, 1.54) is 31.3 Å². The van der Waals surface area contributed by atoms with Gasteiger partial charge in [0.2, 0.25) is 10.0 Å². The molecule has 2 aromatic rings. The number of benzene rings is 2. The fourth-order valence-corrected chi connectivity index (χ4v) is 4.68. The van der Waals surface area contributed by atoms with E-state index >= 15 is 0 Å². The molecule has 25 heavy (non-hydrogen) atoms. The van der Waals surface area contributed by atoms with Crippen molar-refractivity contribution in [3.8, 4) is 0 Å². The summed E-state index contributed by atoms with van der Waals surface area (Å²) in [5.74, 6) is 0.676. The number of amides is 1. The normalized spacial score (nSPS) is 17.0. The van der Waals surface area contributed by atoms with E-state index in [2.05, 4.69) is 10.0 Å². The fraction of sp³-hybridized carbons (Fsp3) is 0.235. The molecule has 132 valence electrons. The zero-order valence-electron chi connectivity index (χ0n) is 13.5. The van der Waals surface area contributed by atoms with Crippen molar-refractivity contribution in [1.82, 2.24) is 10.0 Å². The third-order valence-corrected chi connectivity index (χ3v) is 6.80. The maximum atomic E-state index is 12.5. The lowest BCUT2D eigenvalue weighted by Gasteiger charge is -2.26. The number of nitrogens with one attached hydrogen (secondary N) is 2. The number of hydrogen-bond acceptors (Lipinski definition) is 4. The van der Waals surface area contributed by atoms with Crippen molar-refractivity contribution < 1.29 is 13.2 Å². The molecule has 1 aliphatic heterocycles. The van der Waals surface area contributed by atoms with Crippen molar-refractivity contribution in [3.63, 3.8) is 0 Å². The van der Waals surface area contributed by atoms with Gasteiger partial charge in [-0.1, -0.05) is 11.6 Å². The Morgan fingerprint density at radius 2 is 1.92 bits per heavy atom. The minimum absolute atomic E-state index is 0.108. The summed E-state index contributed by atoms with van der Waals surface area (Å²) in [6.45, 7) is 0. The molecule has 0 unspecified atom stereocenters. The number of sulfonamides is 1. The fourth-order valence-electron chi connectivity index (χ4n) is 2.66. The molecule has 1 heterocycles. The molecule has 1 amide bonds. The van der Waals surface area contributed by atoms with Crippen LogP contribution in [0.4, 0.5) is 0 Å². The molecule has 1 atom stereocenters. The van der Waals surface area contributed by atoms with Gasteiger partial charge in [0.05, 0.1) is 10.9 Å². The third kappa shape index (κ3) is 4.00. The van der Waals surface area contributed by atoms with Crippen molar-refractivity contribution in [3.05, 3.63) is 58.6 Å². The second-order valence-corrected chi connectivity index (χ2v) is 9.04. The summed E-state index contributed by atoms with van der Waals surface area (Å²) in [7, 11) is -2.16. The molecular weight excluding hydrogens is 380 g/mol. The predicted molar refractivity (Wildman–Crippen MR) is 99.7 cm³/mol. The lowest BCUT2D eigenvalue weighted by molar-refractivity contribution is 0.0935. The molecule has 3 rings (SSSR count). The Morgan fingerprint density at radius 3 is 2.60 bits per heavy atom. The second-order valence-electron chi connectivity index (χ2n) is 5.58. The van der Waals surface area contributed by atoms with Gasteiger partial charge in [-0.25, -0.2) is 13.1 Å². The first-order valence-electron chi connectivity index (χ1n) is 7.67. The van der Waals surface area contributed by atoms with Crippen LogP contribution in [0.2, 0.25) is 5.02 Å². The van der Waals surface area contributed by atoms with Gasteiger partial charge < -0.3 is 5.32 Å². The molecular formula is C17H17ClN2O3S2. The van der Waals surface area contributed by atoms with E-state index in [0.29, 0.717) is 10.6 Å². The topological polar surface area (TPSA) is 75.3 Å². The zero-order chi connectivity index (χ0) is 18.0. The van der Waals surface area contributed by atoms with Crippen LogP contribution in [-0.4, -0.2) is 27.1 Å². The quantitative estimate of drug-likeness (QED) is 0.832. The van der Waals surface area contributed by atoms with Gasteiger partial charge in [0, 0.05) is 21.2 Å². The largest absolute Gasteiger partial charge is 0.345 e.